The van der Waals surface area contributed by atoms with Gasteiger partial charge in [-0.2, -0.15) is 0 Å². The zero-order valence-electron chi connectivity index (χ0n) is 12.0. The maximum absolute atomic E-state index is 12.3. The normalized spacial score (nSPS) is 26.8. The van der Waals surface area contributed by atoms with E-state index in [1.54, 1.807) is 0 Å². The van der Waals surface area contributed by atoms with Gasteiger partial charge in [-0.25, -0.2) is 0 Å². The monoisotopic (exact) mass is 253 g/mol. The summed E-state index contributed by atoms with van der Waals surface area (Å²) in [6, 6.07) is 1.15. The highest BCUT2D eigenvalue weighted by Gasteiger charge is 2.31. The lowest BCUT2D eigenvalue weighted by atomic mass is 10.0. The molecule has 0 aliphatic carbocycles. The van der Waals surface area contributed by atoms with Crippen LogP contribution in [0.2, 0.25) is 0 Å². The second-order valence-electron chi connectivity index (χ2n) is 5.96. The number of rotatable bonds is 3. The fourth-order valence-electron chi connectivity index (χ4n) is 3.11. The highest BCUT2D eigenvalue weighted by atomic mass is 16.2. The number of carbonyl (C=O) groups is 1. The van der Waals surface area contributed by atoms with Gasteiger partial charge >= 0.3 is 0 Å². The number of piperidine rings is 1. The minimum absolute atomic E-state index is 0.0816. The Bertz CT molecular complexity index is 279. The molecule has 1 amide bonds. The molecule has 18 heavy (non-hydrogen) atoms. The third-order valence-corrected chi connectivity index (χ3v) is 4.48. The molecule has 0 aromatic rings. The predicted molar refractivity (Wildman–Crippen MR) is 73.5 cm³/mol. The molecule has 1 N–H and O–H groups in total. The predicted octanol–water partition coefficient (Wildman–Crippen LogP) is 1.07. The molecule has 2 fully saturated rings. The molecule has 0 unspecified atom stereocenters. The van der Waals surface area contributed by atoms with Gasteiger partial charge < -0.3 is 15.1 Å². The molecule has 2 heterocycles. The van der Waals surface area contributed by atoms with Crippen LogP contribution in [0.3, 0.4) is 0 Å². The van der Waals surface area contributed by atoms with Crippen LogP contribution in [0, 0.1) is 0 Å². The molecule has 104 valence electrons. The van der Waals surface area contributed by atoms with Crippen molar-refractivity contribution in [2.24, 2.45) is 0 Å². The molecular formula is C14H27N3O. The van der Waals surface area contributed by atoms with E-state index in [0.717, 1.165) is 45.3 Å². The Balaban J connectivity index is 1.83. The summed E-state index contributed by atoms with van der Waals surface area (Å²) in [4.78, 5) is 16.8. The number of amides is 1. The molecule has 0 aromatic heterocycles. The number of hydrogen-bond acceptors (Lipinski definition) is 3. The van der Waals surface area contributed by atoms with Crippen molar-refractivity contribution in [2.75, 3.05) is 26.7 Å². The molecule has 4 nitrogen and oxygen atoms in total. The van der Waals surface area contributed by atoms with Crippen LogP contribution < -0.4 is 5.32 Å². The summed E-state index contributed by atoms with van der Waals surface area (Å²) >= 11 is 0. The largest absolute Gasteiger partial charge is 0.341 e. The Morgan fingerprint density at radius 2 is 1.94 bits per heavy atom. The topological polar surface area (TPSA) is 35.6 Å². The second-order valence-corrected chi connectivity index (χ2v) is 5.96. The van der Waals surface area contributed by atoms with Gasteiger partial charge in [0.2, 0.25) is 5.91 Å². The Morgan fingerprint density at radius 1 is 1.28 bits per heavy atom. The van der Waals surface area contributed by atoms with Crippen molar-refractivity contribution in [3.05, 3.63) is 0 Å². The highest BCUT2D eigenvalue weighted by molar-refractivity contribution is 5.82. The fourth-order valence-corrected chi connectivity index (χ4v) is 3.11. The Morgan fingerprint density at radius 3 is 2.44 bits per heavy atom. The second kappa shape index (κ2) is 6.02. The summed E-state index contributed by atoms with van der Waals surface area (Å²) in [7, 11) is 1.98. The van der Waals surface area contributed by atoms with E-state index in [1.807, 2.05) is 11.9 Å². The van der Waals surface area contributed by atoms with Gasteiger partial charge in [-0.15, -0.1) is 0 Å². The van der Waals surface area contributed by atoms with Gasteiger partial charge in [0.1, 0.15) is 0 Å². The van der Waals surface area contributed by atoms with E-state index in [-0.39, 0.29) is 6.04 Å². The summed E-state index contributed by atoms with van der Waals surface area (Å²) in [5, 5.41) is 3.30. The van der Waals surface area contributed by atoms with Crippen LogP contribution in [-0.4, -0.2) is 60.5 Å². The first-order valence-corrected chi connectivity index (χ1v) is 7.33. The lowest BCUT2D eigenvalue weighted by Gasteiger charge is -2.39. The zero-order chi connectivity index (χ0) is 13.1. The van der Waals surface area contributed by atoms with Crippen molar-refractivity contribution in [3.63, 3.8) is 0 Å². The summed E-state index contributed by atoms with van der Waals surface area (Å²) < 4.78 is 0. The van der Waals surface area contributed by atoms with Gasteiger partial charge in [-0.05, 0) is 46.1 Å². The smallest absolute Gasteiger partial charge is 0.239 e. The van der Waals surface area contributed by atoms with Crippen LogP contribution in [0.25, 0.3) is 0 Å². The Labute approximate surface area is 111 Å². The number of carbonyl (C=O) groups excluding carboxylic acids is 1. The van der Waals surface area contributed by atoms with Crippen LogP contribution in [0.5, 0.6) is 0 Å². The van der Waals surface area contributed by atoms with E-state index in [4.69, 9.17) is 0 Å². The van der Waals surface area contributed by atoms with E-state index < -0.39 is 0 Å². The van der Waals surface area contributed by atoms with Crippen LogP contribution in [0.4, 0.5) is 0 Å². The van der Waals surface area contributed by atoms with E-state index in [2.05, 4.69) is 24.1 Å². The fraction of sp³-hybridized carbons (Fsp3) is 0.929. The Hall–Kier alpha value is -0.610. The van der Waals surface area contributed by atoms with Crippen LogP contribution >= 0.6 is 0 Å². The van der Waals surface area contributed by atoms with E-state index in [9.17, 15) is 4.79 Å². The van der Waals surface area contributed by atoms with Crippen LogP contribution in [0.15, 0.2) is 0 Å². The molecular weight excluding hydrogens is 226 g/mol. The first-order chi connectivity index (χ1) is 8.59. The van der Waals surface area contributed by atoms with Crippen molar-refractivity contribution >= 4 is 5.91 Å². The first kappa shape index (κ1) is 13.8. The lowest BCUT2D eigenvalue weighted by molar-refractivity contribution is -0.134. The summed E-state index contributed by atoms with van der Waals surface area (Å²) in [5.41, 5.74) is 0. The van der Waals surface area contributed by atoms with Crippen LogP contribution in [0.1, 0.15) is 39.5 Å². The minimum Gasteiger partial charge on any atom is -0.341 e. The number of nitrogens with zero attached hydrogens (tertiary/aromatic N) is 2. The molecule has 2 rings (SSSR count). The number of likely N-dealkylation sites (tertiary alicyclic amines) is 1. The standard InChI is InChI=1S/C14H27N3O/c1-11(2)17-9-6-12(7-10-17)16(3)14(18)13-5-4-8-15-13/h11-13,15H,4-10H2,1-3H3/t13-/m0/s1. The molecule has 0 spiro atoms. The Kier molecular flexibility index (Phi) is 4.62. The van der Waals surface area contributed by atoms with Gasteiger partial charge in [0, 0.05) is 32.2 Å². The SMILES string of the molecule is CC(C)N1CCC(N(C)C(=O)[C@@H]2CCCN2)CC1. The third kappa shape index (κ3) is 3.04. The maximum atomic E-state index is 12.3. The molecule has 1 atom stereocenters. The van der Waals surface area contributed by atoms with Gasteiger partial charge in [-0.3, -0.25) is 4.79 Å². The highest BCUT2D eigenvalue weighted by Crippen LogP contribution is 2.19. The van der Waals surface area contributed by atoms with Crippen molar-refractivity contribution < 1.29 is 4.79 Å². The maximum Gasteiger partial charge on any atom is 0.239 e. The zero-order valence-corrected chi connectivity index (χ0v) is 12.0. The molecule has 4 heteroatoms. The summed E-state index contributed by atoms with van der Waals surface area (Å²) in [6.45, 7) is 7.74. The average Bonchev–Trinajstić information content (AvgIpc) is 2.91. The van der Waals surface area contributed by atoms with E-state index in [0.29, 0.717) is 18.0 Å². The molecule has 2 aliphatic heterocycles. The number of hydrogen-bond donors (Lipinski definition) is 1. The average molecular weight is 253 g/mol. The quantitative estimate of drug-likeness (QED) is 0.817. The van der Waals surface area contributed by atoms with E-state index in [1.165, 1.54) is 0 Å². The molecule has 0 radical (unpaired) electrons. The number of likely N-dealkylation sites (N-methyl/N-ethyl adjacent to an activating group) is 1. The molecule has 0 bridgehead atoms. The van der Waals surface area contributed by atoms with Gasteiger partial charge in [-0.1, -0.05) is 0 Å². The van der Waals surface area contributed by atoms with Crippen molar-refractivity contribution in [3.8, 4) is 0 Å². The summed E-state index contributed by atoms with van der Waals surface area (Å²) in [6.07, 6.45) is 4.38. The first-order valence-electron chi connectivity index (χ1n) is 7.33. The molecule has 0 saturated carbocycles. The van der Waals surface area contributed by atoms with E-state index >= 15 is 0 Å². The minimum atomic E-state index is 0.0816. The number of nitrogens with one attached hydrogen (secondary N) is 1. The summed E-state index contributed by atoms with van der Waals surface area (Å²) in [5.74, 6) is 0.301. The van der Waals surface area contributed by atoms with Crippen molar-refractivity contribution in [1.29, 1.82) is 0 Å². The van der Waals surface area contributed by atoms with Gasteiger partial charge in [0.25, 0.3) is 0 Å². The molecule has 2 saturated heterocycles. The molecule has 2 aliphatic rings. The van der Waals surface area contributed by atoms with Gasteiger partial charge in [0.15, 0.2) is 0 Å². The third-order valence-electron chi connectivity index (χ3n) is 4.48. The van der Waals surface area contributed by atoms with Crippen LogP contribution in [-0.2, 0) is 4.79 Å². The lowest BCUT2D eigenvalue weighted by Crippen LogP contribution is -2.51. The molecule has 0 aromatic carbocycles. The van der Waals surface area contributed by atoms with Crippen molar-refractivity contribution in [2.45, 2.75) is 57.7 Å². The van der Waals surface area contributed by atoms with Crippen molar-refractivity contribution in [1.82, 2.24) is 15.1 Å². The van der Waals surface area contributed by atoms with Gasteiger partial charge in [0.05, 0.1) is 6.04 Å².